The Morgan fingerprint density at radius 3 is 2.76 bits per heavy atom. The number of alkyl halides is 5. The van der Waals surface area contributed by atoms with Crippen LogP contribution < -0.4 is 10.6 Å². The molecule has 21 heavy (non-hydrogen) atoms. The Bertz CT molecular complexity index is 554. The average Bonchev–Trinajstić information content (AvgIpc) is 2.40. The van der Waals surface area contributed by atoms with Crippen molar-refractivity contribution in [2.75, 3.05) is 18.4 Å². The van der Waals surface area contributed by atoms with Gasteiger partial charge in [0.1, 0.15) is 5.82 Å². The van der Waals surface area contributed by atoms with E-state index in [9.17, 15) is 22.0 Å². The van der Waals surface area contributed by atoms with E-state index in [2.05, 4.69) is 25.3 Å². The van der Waals surface area contributed by atoms with Gasteiger partial charge < -0.3 is 15.4 Å². The molecule has 10 heteroatoms. The molecule has 0 bridgehead atoms. The van der Waals surface area contributed by atoms with Gasteiger partial charge in [0.25, 0.3) is 0 Å². The first-order valence-electron chi connectivity index (χ1n) is 6.89. The number of aromatic nitrogens is 2. The first-order valence-corrected chi connectivity index (χ1v) is 5.89. The monoisotopic (exact) mass is 314 g/mol. The van der Waals surface area contributed by atoms with Gasteiger partial charge in [0.05, 0.1) is 33.8 Å². The Kier molecular flexibility index (Phi) is 3.55. The van der Waals surface area contributed by atoms with Crippen LogP contribution in [0.15, 0.2) is 12.4 Å². The Labute approximate surface area is 119 Å². The fourth-order valence-electron chi connectivity index (χ4n) is 1.64. The van der Waals surface area contributed by atoms with Crippen LogP contribution in [0, 0.1) is 0 Å². The van der Waals surface area contributed by atoms with E-state index in [-0.39, 0.29) is 12.4 Å². The van der Waals surface area contributed by atoms with Gasteiger partial charge in [-0.15, -0.1) is 0 Å². The van der Waals surface area contributed by atoms with Gasteiger partial charge in [0, 0.05) is 6.54 Å². The molecule has 2 rings (SSSR count). The van der Waals surface area contributed by atoms with Gasteiger partial charge in [-0.2, -0.15) is 22.0 Å². The summed E-state index contributed by atoms with van der Waals surface area (Å²) < 4.78 is 82.5. The van der Waals surface area contributed by atoms with E-state index in [1.54, 1.807) is 0 Å². The van der Waals surface area contributed by atoms with Crippen LogP contribution in [-0.2, 0) is 10.9 Å². The Morgan fingerprint density at radius 1 is 1.48 bits per heavy atom. The van der Waals surface area contributed by atoms with Crippen molar-refractivity contribution < 1.29 is 29.4 Å². The van der Waals surface area contributed by atoms with E-state index in [1.807, 2.05) is 0 Å². The SMILES string of the molecule is [2H]C1([2H])N[C@H](CNc2cnc(C(F)(F)F)cn2)[C@H](C)OC1(F)F. The Hall–Kier alpha value is -1.55. The Balaban J connectivity index is 1.98. The van der Waals surface area contributed by atoms with E-state index in [0.29, 0.717) is 6.20 Å². The third-order valence-corrected chi connectivity index (χ3v) is 2.75. The van der Waals surface area contributed by atoms with Crippen LogP contribution >= 0.6 is 0 Å². The van der Waals surface area contributed by atoms with Crippen LogP contribution in [0.4, 0.5) is 27.8 Å². The molecule has 0 amide bonds. The van der Waals surface area contributed by atoms with E-state index in [0.717, 1.165) is 6.20 Å². The predicted octanol–water partition coefficient (Wildman–Crippen LogP) is 1.88. The Morgan fingerprint density at radius 2 is 2.19 bits per heavy atom. The summed E-state index contributed by atoms with van der Waals surface area (Å²) in [5.41, 5.74) is -1.16. The lowest BCUT2D eigenvalue weighted by Crippen LogP contribution is -2.57. The molecule has 2 atom stereocenters. The van der Waals surface area contributed by atoms with Gasteiger partial charge >= 0.3 is 12.3 Å². The van der Waals surface area contributed by atoms with Crippen LogP contribution in [0.25, 0.3) is 0 Å². The van der Waals surface area contributed by atoms with E-state index in [1.165, 1.54) is 6.92 Å². The van der Waals surface area contributed by atoms with Gasteiger partial charge in [-0.25, -0.2) is 9.97 Å². The molecule has 0 aliphatic carbocycles. The molecule has 1 saturated heterocycles. The van der Waals surface area contributed by atoms with Crippen molar-refractivity contribution in [1.82, 2.24) is 15.3 Å². The quantitative estimate of drug-likeness (QED) is 0.834. The van der Waals surface area contributed by atoms with Crippen molar-refractivity contribution in [1.29, 1.82) is 0 Å². The maximum Gasteiger partial charge on any atom is 0.434 e. The maximum atomic E-state index is 13.3. The zero-order valence-corrected chi connectivity index (χ0v) is 10.7. The van der Waals surface area contributed by atoms with E-state index >= 15 is 0 Å². The van der Waals surface area contributed by atoms with Gasteiger partial charge in [0.15, 0.2) is 5.69 Å². The van der Waals surface area contributed by atoms with Crippen molar-refractivity contribution in [2.24, 2.45) is 0 Å². The minimum absolute atomic E-state index is 0.00936. The molecule has 1 aliphatic rings. The summed E-state index contributed by atoms with van der Waals surface area (Å²) in [6, 6.07) is -0.853. The summed E-state index contributed by atoms with van der Waals surface area (Å²) in [5, 5.41) is 4.70. The highest BCUT2D eigenvalue weighted by Gasteiger charge is 2.40. The second-order valence-corrected chi connectivity index (χ2v) is 4.38. The summed E-state index contributed by atoms with van der Waals surface area (Å²) >= 11 is 0. The largest absolute Gasteiger partial charge is 0.434 e. The van der Waals surface area contributed by atoms with Crippen LogP contribution in [0.1, 0.15) is 15.4 Å². The number of anilines is 1. The zero-order chi connectivity index (χ0) is 17.5. The molecule has 5 nitrogen and oxygen atoms in total. The molecule has 0 spiro atoms. The summed E-state index contributed by atoms with van der Waals surface area (Å²) in [6.45, 7) is -1.85. The number of hydrogen-bond donors (Lipinski definition) is 2. The molecule has 1 aliphatic heterocycles. The second kappa shape index (κ2) is 5.68. The first kappa shape index (κ1) is 13.1. The lowest BCUT2D eigenvalue weighted by molar-refractivity contribution is -0.278. The van der Waals surface area contributed by atoms with Crippen LogP contribution in [0.2, 0.25) is 0 Å². The number of hydrogen-bond acceptors (Lipinski definition) is 5. The number of rotatable bonds is 3. The van der Waals surface area contributed by atoms with Crippen molar-refractivity contribution in [3.05, 3.63) is 18.1 Å². The minimum Gasteiger partial charge on any atom is -0.367 e. The number of morpholine rings is 1. The van der Waals surface area contributed by atoms with Crippen molar-refractivity contribution >= 4 is 5.82 Å². The van der Waals surface area contributed by atoms with Crippen molar-refractivity contribution in [2.45, 2.75) is 31.4 Å². The van der Waals surface area contributed by atoms with Crippen molar-refractivity contribution in [3.63, 3.8) is 0 Å². The molecule has 2 heterocycles. The van der Waals surface area contributed by atoms with Crippen LogP contribution in [-0.4, -0.2) is 41.3 Å². The smallest absolute Gasteiger partial charge is 0.367 e. The number of halogens is 5. The highest BCUT2D eigenvalue weighted by Crippen LogP contribution is 2.27. The topological polar surface area (TPSA) is 59.1 Å². The van der Waals surface area contributed by atoms with Gasteiger partial charge in [-0.1, -0.05) is 0 Å². The fourth-order valence-corrected chi connectivity index (χ4v) is 1.64. The van der Waals surface area contributed by atoms with Gasteiger partial charge in [-0.3, -0.25) is 0 Å². The van der Waals surface area contributed by atoms with Gasteiger partial charge in [0.2, 0.25) is 0 Å². The minimum atomic E-state index is -4.61. The lowest BCUT2D eigenvalue weighted by atomic mass is 10.1. The molecule has 118 valence electrons. The van der Waals surface area contributed by atoms with Crippen LogP contribution in [0.3, 0.4) is 0 Å². The average molecular weight is 314 g/mol. The molecule has 2 N–H and O–H groups in total. The molecule has 1 fully saturated rings. The summed E-state index contributed by atoms with van der Waals surface area (Å²) in [6.07, 6.45) is -8.26. The molecule has 0 aromatic carbocycles. The molecule has 0 radical (unpaired) electrons. The molecule has 0 unspecified atom stereocenters. The van der Waals surface area contributed by atoms with Crippen molar-refractivity contribution in [3.8, 4) is 0 Å². The normalized spacial score (nSPS) is 29.4. The third kappa shape index (κ3) is 4.21. The van der Waals surface area contributed by atoms with Gasteiger partial charge in [-0.05, 0) is 6.92 Å². The molecule has 1 aromatic heterocycles. The zero-order valence-electron chi connectivity index (χ0n) is 12.7. The standard InChI is InChI=1S/C11H13F5N4O/c1-6-7(20-5-10(12,13)21-6)2-18-9-4-17-8(3-19-9)11(14,15)16/h3-4,6-7,20H,2,5H2,1H3,(H,18,19)/t6-,7+/m0/s1/i5D2. The molecular formula is C11H13F5N4O. The highest BCUT2D eigenvalue weighted by molar-refractivity contribution is 5.31. The molecule has 1 aromatic rings. The maximum absolute atomic E-state index is 13.3. The summed E-state index contributed by atoms with van der Waals surface area (Å²) in [5.74, 6) is -0.00936. The second-order valence-electron chi connectivity index (χ2n) is 4.38. The van der Waals surface area contributed by atoms with Crippen LogP contribution in [0.5, 0.6) is 0 Å². The number of nitrogens with zero attached hydrogens (tertiary/aromatic N) is 2. The lowest BCUT2D eigenvalue weighted by Gasteiger charge is -2.35. The highest BCUT2D eigenvalue weighted by atomic mass is 19.4. The van der Waals surface area contributed by atoms with E-state index < -0.39 is 36.6 Å². The number of ether oxygens (including phenoxy) is 1. The summed E-state index contributed by atoms with van der Waals surface area (Å²) in [4.78, 5) is 6.70. The summed E-state index contributed by atoms with van der Waals surface area (Å²) in [7, 11) is 0. The molecule has 0 saturated carbocycles. The fraction of sp³-hybridized carbons (Fsp3) is 0.636. The third-order valence-electron chi connectivity index (χ3n) is 2.75. The number of nitrogens with one attached hydrogen (secondary N) is 2. The predicted molar refractivity (Wildman–Crippen MR) is 62.8 cm³/mol. The first-order chi connectivity index (χ1) is 10.4. The van der Waals surface area contributed by atoms with E-state index in [4.69, 9.17) is 2.74 Å². The molecular weight excluding hydrogens is 299 g/mol.